The topological polar surface area (TPSA) is 102 Å². The molecule has 3 N–H and O–H groups in total. The summed E-state index contributed by atoms with van der Waals surface area (Å²) in [6.07, 6.45) is 3.63. The number of amides is 2. The maximum atomic E-state index is 12.5. The standard InChI is InChI=1S/C19H26BN5O3/c1-5-11-8-24(18(27)28-19(2,3)4)10-14(11)23-16-13(17(21)26)7-22-25-9-12(20)6-15(16)25/h6-7,9,11,14,23H,5,8,10H2,1-4H3,(H2,21,26)/t11-,14+/m0/s1. The molecule has 2 amide bonds. The molecule has 0 spiro atoms. The van der Waals surface area contributed by atoms with Crippen molar-refractivity contribution in [2.45, 2.75) is 45.8 Å². The zero-order valence-electron chi connectivity index (χ0n) is 16.7. The highest BCUT2D eigenvalue weighted by Crippen LogP contribution is 2.29. The number of aromatic nitrogens is 2. The lowest BCUT2D eigenvalue weighted by Crippen LogP contribution is -2.36. The minimum atomic E-state index is -0.577. The Morgan fingerprint density at radius 1 is 1.39 bits per heavy atom. The number of carbonyl (C=O) groups is 2. The number of nitrogens with one attached hydrogen (secondary N) is 1. The summed E-state index contributed by atoms with van der Waals surface area (Å²) in [4.78, 5) is 26.1. The van der Waals surface area contributed by atoms with Gasteiger partial charge >= 0.3 is 6.09 Å². The minimum Gasteiger partial charge on any atom is -0.444 e. The fourth-order valence-electron chi connectivity index (χ4n) is 3.52. The molecular weight excluding hydrogens is 357 g/mol. The van der Waals surface area contributed by atoms with Crippen LogP contribution in [0.15, 0.2) is 18.5 Å². The van der Waals surface area contributed by atoms with Crippen molar-refractivity contribution < 1.29 is 14.3 Å². The van der Waals surface area contributed by atoms with E-state index in [1.54, 1.807) is 21.7 Å². The number of primary amides is 1. The van der Waals surface area contributed by atoms with E-state index in [4.69, 9.17) is 18.3 Å². The van der Waals surface area contributed by atoms with Crippen LogP contribution in [0.4, 0.5) is 10.5 Å². The van der Waals surface area contributed by atoms with Crippen LogP contribution in [0.1, 0.15) is 44.5 Å². The van der Waals surface area contributed by atoms with Crippen LogP contribution in [-0.2, 0) is 4.74 Å². The van der Waals surface area contributed by atoms with Crippen molar-refractivity contribution >= 4 is 36.5 Å². The molecule has 0 unspecified atom stereocenters. The Labute approximate surface area is 165 Å². The van der Waals surface area contributed by atoms with Crippen molar-refractivity contribution in [3.63, 3.8) is 0 Å². The molecule has 3 heterocycles. The van der Waals surface area contributed by atoms with E-state index >= 15 is 0 Å². The van der Waals surface area contributed by atoms with Gasteiger partial charge in [0.25, 0.3) is 5.91 Å². The molecule has 2 atom stereocenters. The van der Waals surface area contributed by atoms with Crippen molar-refractivity contribution in [2.24, 2.45) is 11.7 Å². The van der Waals surface area contributed by atoms with Gasteiger partial charge in [-0.1, -0.05) is 12.4 Å². The highest BCUT2D eigenvalue weighted by atomic mass is 16.6. The van der Waals surface area contributed by atoms with Crippen LogP contribution in [-0.4, -0.2) is 59.1 Å². The van der Waals surface area contributed by atoms with Crippen LogP contribution < -0.4 is 16.5 Å². The first-order chi connectivity index (χ1) is 13.1. The summed E-state index contributed by atoms with van der Waals surface area (Å²) in [5.41, 5.74) is 7.07. The highest BCUT2D eigenvalue weighted by molar-refractivity contribution is 6.33. The van der Waals surface area contributed by atoms with Gasteiger partial charge in [0.15, 0.2) is 0 Å². The maximum Gasteiger partial charge on any atom is 0.410 e. The number of likely N-dealkylation sites (tertiary alicyclic amines) is 1. The van der Waals surface area contributed by atoms with Gasteiger partial charge in [-0.05, 0) is 39.2 Å². The Morgan fingerprint density at radius 3 is 2.71 bits per heavy atom. The van der Waals surface area contributed by atoms with Crippen molar-refractivity contribution in [2.75, 3.05) is 18.4 Å². The molecule has 0 bridgehead atoms. The first kappa shape index (κ1) is 20.0. The zero-order chi connectivity index (χ0) is 20.6. The molecule has 0 aliphatic carbocycles. The third-order valence-corrected chi connectivity index (χ3v) is 4.87. The van der Waals surface area contributed by atoms with E-state index in [2.05, 4.69) is 17.3 Å². The van der Waals surface area contributed by atoms with Crippen molar-refractivity contribution in [1.29, 1.82) is 0 Å². The van der Waals surface area contributed by atoms with Crippen LogP contribution in [0.3, 0.4) is 0 Å². The Balaban J connectivity index is 1.89. The lowest BCUT2D eigenvalue weighted by Gasteiger charge is -2.24. The molecule has 1 aliphatic heterocycles. The molecule has 3 rings (SSSR count). The third-order valence-electron chi connectivity index (χ3n) is 4.87. The molecule has 8 nitrogen and oxygen atoms in total. The molecule has 9 heteroatoms. The first-order valence-electron chi connectivity index (χ1n) is 9.40. The number of anilines is 1. The average molecular weight is 383 g/mol. The minimum absolute atomic E-state index is 0.0575. The average Bonchev–Trinajstić information content (AvgIpc) is 3.16. The summed E-state index contributed by atoms with van der Waals surface area (Å²) in [6.45, 7) is 8.66. The van der Waals surface area contributed by atoms with Gasteiger partial charge in [0.05, 0.1) is 23.0 Å². The predicted octanol–water partition coefficient (Wildman–Crippen LogP) is 1.28. The SMILES string of the molecule is [B]c1cc2c(N[C@@H]3CN(C(=O)OC(C)(C)C)C[C@@H]3CC)c(C(N)=O)cnn2c1. The molecular formula is C19H26BN5O3. The van der Waals surface area contributed by atoms with Gasteiger partial charge in [0.1, 0.15) is 13.4 Å². The summed E-state index contributed by atoms with van der Waals surface area (Å²) >= 11 is 0. The Hall–Kier alpha value is -2.71. The fourth-order valence-corrected chi connectivity index (χ4v) is 3.52. The van der Waals surface area contributed by atoms with Crippen molar-refractivity contribution in [3.05, 3.63) is 24.0 Å². The molecule has 0 saturated carbocycles. The number of hydrogen-bond donors (Lipinski definition) is 2. The van der Waals surface area contributed by atoms with E-state index in [-0.39, 0.29) is 23.6 Å². The Morgan fingerprint density at radius 2 is 2.11 bits per heavy atom. The van der Waals surface area contributed by atoms with E-state index in [1.165, 1.54) is 6.20 Å². The zero-order valence-corrected chi connectivity index (χ0v) is 16.7. The number of hydrogen-bond acceptors (Lipinski definition) is 5. The molecule has 1 fully saturated rings. The van der Waals surface area contributed by atoms with Gasteiger partial charge in [0, 0.05) is 25.3 Å². The highest BCUT2D eigenvalue weighted by Gasteiger charge is 2.37. The van der Waals surface area contributed by atoms with Gasteiger partial charge in [-0.3, -0.25) is 4.79 Å². The van der Waals surface area contributed by atoms with Crippen LogP contribution in [0.25, 0.3) is 5.52 Å². The van der Waals surface area contributed by atoms with Crippen LogP contribution in [0.2, 0.25) is 0 Å². The monoisotopic (exact) mass is 383 g/mol. The summed E-state index contributed by atoms with van der Waals surface area (Å²) < 4.78 is 7.11. The van der Waals surface area contributed by atoms with E-state index < -0.39 is 11.5 Å². The molecule has 148 valence electrons. The lowest BCUT2D eigenvalue weighted by atomic mass is 9.99. The van der Waals surface area contributed by atoms with Crippen molar-refractivity contribution in [3.8, 4) is 0 Å². The number of fused-ring (bicyclic) bond motifs is 1. The fraction of sp³-hybridized carbons (Fsp3) is 0.526. The summed E-state index contributed by atoms with van der Waals surface area (Å²) in [5.74, 6) is -0.374. The van der Waals surface area contributed by atoms with Crippen LogP contribution in [0.5, 0.6) is 0 Å². The molecule has 2 radical (unpaired) electrons. The largest absolute Gasteiger partial charge is 0.444 e. The number of ether oxygens (including phenoxy) is 1. The second kappa shape index (κ2) is 7.37. The number of nitrogens with two attached hydrogens (primary N) is 1. The smallest absolute Gasteiger partial charge is 0.410 e. The van der Waals surface area contributed by atoms with Gasteiger partial charge in [0.2, 0.25) is 0 Å². The second-order valence-electron chi connectivity index (χ2n) is 8.21. The van der Waals surface area contributed by atoms with Gasteiger partial charge in [-0.15, -0.1) is 0 Å². The van der Waals surface area contributed by atoms with Crippen LogP contribution >= 0.6 is 0 Å². The molecule has 1 saturated heterocycles. The predicted molar refractivity (Wildman–Crippen MR) is 108 cm³/mol. The summed E-state index contributed by atoms with van der Waals surface area (Å²) in [7, 11) is 5.89. The number of rotatable bonds is 4. The molecule has 2 aromatic heterocycles. The normalized spacial score (nSPS) is 19.8. The van der Waals surface area contributed by atoms with E-state index in [1.807, 2.05) is 20.8 Å². The molecule has 2 aromatic rings. The van der Waals surface area contributed by atoms with Gasteiger partial charge in [-0.2, -0.15) is 5.10 Å². The first-order valence-corrected chi connectivity index (χ1v) is 9.40. The van der Waals surface area contributed by atoms with Crippen molar-refractivity contribution in [1.82, 2.24) is 14.5 Å². The van der Waals surface area contributed by atoms with Gasteiger partial charge in [-0.25, -0.2) is 9.31 Å². The Bertz CT molecular complexity index is 905. The second-order valence-corrected chi connectivity index (χ2v) is 8.21. The molecule has 1 aliphatic rings. The molecule has 28 heavy (non-hydrogen) atoms. The summed E-state index contributed by atoms with van der Waals surface area (Å²) in [6, 6.07) is 1.68. The third kappa shape index (κ3) is 4.08. The molecule has 0 aromatic carbocycles. The van der Waals surface area contributed by atoms with E-state index in [0.717, 1.165) is 6.42 Å². The van der Waals surface area contributed by atoms with E-state index in [0.29, 0.717) is 29.8 Å². The maximum absolute atomic E-state index is 12.5. The van der Waals surface area contributed by atoms with E-state index in [9.17, 15) is 9.59 Å². The number of carbonyl (C=O) groups excluding carboxylic acids is 2. The lowest BCUT2D eigenvalue weighted by molar-refractivity contribution is 0.0287. The summed E-state index contributed by atoms with van der Waals surface area (Å²) in [5, 5.41) is 7.62. The quantitative estimate of drug-likeness (QED) is 0.775. The Kier molecular flexibility index (Phi) is 5.27. The number of nitrogens with zero attached hydrogens (tertiary/aromatic N) is 3. The van der Waals surface area contributed by atoms with Gasteiger partial charge < -0.3 is 20.7 Å². The van der Waals surface area contributed by atoms with Crippen LogP contribution in [0, 0.1) is 5.92 Å².